The molecule has 0 heterocycles. The maximum atomic E-state index is 11.6. The lowest BCUT2D eigenvalue weighted by atomic mass is 9.94. The van der Waals surface area contributed by atoms with Crippen molar-refractivity contribution in [1.82, 2.24) is 10.6 Å². The molecule has 5 heteroatoms. The normalized spacial score (nSPS) is 20.5. The summed E-state index contributed by atoms with van der Waals surface area (Å²) in [6, 6.07) is -1.23. The van der Waals surface area contributed by atoms with Gasteiger partial charge in [-0.25, -0.2) is 9.59 Å². The van der Waals surface area contributed by atoms with E-state index in [1.165, 1.54) is 0 Å². The van der Waals surface area contributed by atoms with Gasteiger partial charge in [0.2, 0.25) is 0 Å². The number of urea groups is 1. The Morgan fingerprint density at radius 3 is 2.61 bits per heavy atom. The second kappa shape index (κ2) is 7.03. The predicted molar refractivity (Wildman–Crippen MR) is 69.3 cm³/mol. The molecule has 0 aromatic rings. The number of hydrogen-bond donors (Lipinski definition) is 3. The van der Waals surface area contributed by atoms with Crippen LogP contribution in [0.25, 0.3) is 0 Å². The van der Waals surface area contributed by atoms with Crippen molar-refractivity contribution < 1.29 is 14.7 Å². The maximum absolute atomic E-state index is 11.6. The molecule has 1 aliphatic carbocycles. The SMILES string of the molecule is CC(C)C(NC(=O)NCC1CC=CCC1)C(=O)O. The van der Waals surface area contributed by atoms with Crippen LogP contribution in [0.5, 0.6) is 0 Å². The number of amides is 2. The van der Waals surface area contributed by atoms with E-state index in [0.29, 0.717) is 12.5 Å². The van der Waals surface area contributed by atoms with E-state index >= 15 is 0 Å². The number of carbonyl (C=O) groups excluding carboxylic acids is 1. The van der Waals surface area contributed by atoms with Gasteiger partial charge in [0, 0.05) is 6.54 Å². The number of allylic oxidation sites excluding steroid dienone is 2. The van der Waals surface area contributed by atoms with Crippen LogP contribution in [0.15, 0.2) is 12.2 Å². The second-order valence-corrected chi connectivity index (χ2v) is 5.06. The average molecular weight is 254 g/mol. The smallest absolute Gasteiger partial charge is 0.326 e. The first-order chi connectivity index (χ1) is 8.50. The number of hydrogen-bond acceptors (Lipinski definition) is 2. The Balaban J connectivity index is 2.31. The molecule has 0 aromatic heterocycles. The Bertz CT molecular complexity index is 326. The third-order valence-electron chi connectivity index (χ3n) is 3.15. The lowest BCUT2D eigenvalue weighted by molar-refractivity contribution is -0.140. The Morgan fingerprint density at radius 1 is 1.39 bits per heavy atom. The highest BCUT2D eigenvalue weighted by Crippen LogP contribution is 2.16. The van der Waals surface area contributed by atoms with Crippen molar-refractivity contribution in [1.29, 1.82) is 0 Å². The highest BCUT2D eigenvalue weighted by molar-refractivity contribution is 5.82. The highest BCUT2D eigenvalue weighted by atomic mass is 16.4. The lowest BCUT2D eigenvalue weighted by Crippen LogP contribution is -2.49. The molecule has 0 bridgehead atoms. The molecule has 18 heavy (non-hydrogen) atoms. The van der Waals surface area contributed by atoms with Gasteiger partial charge < -0.3 is 15.7 Å². The molecule has 0 saturated carbocycles. The van der Waals surface area contributed by atoms with E-state index < -0.39 is 18.0 Å². The summed E-state index contributed by atoms with van der Waals surface area (Å²) < 4.78 is 0. The van der Waals surface area contributed by atoms with Crippen LogP contribution in [0, 0.1) is 11.8 Å². The van der Waals surface area contributed by atoms with Crippen molar-refractivity contribution in [2.45, 2.75) is 39.2 Å². The van der Waals surface area contributed by atoms with E-state index in [4.69, 9.17) is 5.11 Å². The number of carboxylic acids is 1. The summed E-state index contributed by atoms with van der Waals surface area (Å²) in [6.45, 7) is 4.14. The van der Waals surface area contributed by atoms with Gasteiger partial charge in [-0.3, -0.25) is 0 Å². The molecule has 1 aliphatic rings. The van der Waals surface area contributed by atoms with Gasteiger partial charge in [-0.2, -0.15) is 0 Å². The average Bonchev–Trinajstić information content (AvgIpc) is 2.34. The maximum Gasteiger partial charge on any atom is 0.326 e. The van der Waals surface area contributed by atoms with E-state index in [9.17, 15) is 9.59 Å². The van der Waals surface area contributed by atoms with Crippen LogP contribution in [0.3, 0.4) is 0 Å². The van der Waals surface area contributed by atoms with Gasteiger partial charge in [-0.1, -0.05) is 26.0 Å². The Labute approximate surface area is 108 Å². The van der Waals surface area contributed by atoms with Crippen LogP contribution in [0.2, 0.25) is 0 Å². The van der Waals surface area contributed by atoms with Crippen molar-refractivity contribution in [2.24, 2.45) is 11.8 Å². The topological polar surface area (TPSA) is 78.4 Å². The molecule has 0 radical (unpaired) electrons. The fourth-order valence-corrected chi connectivity index (χ4v) is 1.98. The predicted octanol–water partition coefficient (Wildman–Crippen LogP) is 1.75. The summed E-state index contributed by atoms with van der Waals surface area (Å²) in [7, 11) is 0. The minimum atomic E-state index is -0.999. The Kier molecular flexibility index (Phi) is 5.68. The molecule has 5 nitrogen and oxygen atoms in total. The largest absolute Gasteiger partial charge is 0.480 e. The molecule has 0 fully saturated rings. The quantitative estimate of drug-likeness (QED) is 0.654. The third kappa shape index (κ3) is 4.77. The molecule has 0 aromatic carbocycles. The van der Waals surface area contributed by atoms with Gasteiger partial charge in [0.25, 0.3) is 0 Å². The monoisotopic (exact) mass is 254 g/mol. The molecule has 1 rings (SSSR count). The van der Waals surface area contributed by atoms with Crippen LogP contribution >= 0.6 is 0 Å². The number of aliphatic carboxylic acids is 1. The molecular weight excluding hydrogens is 232 g/mol. The first kappa shape index (κ1) is 14.5. The number of carboxylic acid groups (broad SMARTS) is 1. The minimum absolute atomic E-state index is 0.133. The molecule has 102 valence electrons. The number of rotatable bonds is 5. The van der Waals surface area contributed by atoms with Crippen LogP contribution in [-0.4, -0.2) is 29.7 Å². The molecule has 3 N–H and O–H groups in total. The van der Waals surface area contributed by atoms with Crippen molar-refractivity contribution in [3.05, 3.63) is 12.2 Å². The first-order valence-corrected chi connectivity index (χ1v) is 6.43. The lowest BCUT2D eigenvalue weighted by Gasteiger charge is -2.21. The summed E-state index contributed by atoms with van der Waals surface area (Å²) in [5.74, 6) is -0.672. The fraction of sp³-hybridized carbons (Fsp3) is 0.692. The molecular formula is C13H22N2O3. The zero-order valence-electron chi connectivity index (χ0n) is 11.0. The van der Waals surface area contributed by atoms with Crippen LogP contribution in [-0.2, 0) is 4.79 Å². The zero-order chi connectivity index (χ0) is 13.5. The standard InChI is InChI=1S/C13H22N2O3/c1-9(2)11(12(16)17)15-13(18)14-8-10-6-4-3-5-7-10/h3-4,9-11H,5-8H2,1-2H3,(H,16,17)(H2,14,15,18). The van der Waals surface area contributed by atoms with Gasteiger partial charge in [-0.15, -0.1) is 0 Å². The summed E-state index contributed by atoms with van der Waals surface area (Å²) in [6.07, 6.45) is 7.38. The fourth-order valence-electron chi connectivity index (χ4n) is 1.98. The Hall–Kier alpha value is -1.52. The molecule has 2 unspecified atom stereocenters. The van der Waals surface area contributed by atoms with Crippen LogP contribution < -0.4 is 10.6 Å². The summed E-state index contributed by atoms with van der Waals surface area (Å²) >= 11 is 0. The van der Waals surface area contributed by atoms with Crippen molar-refractivity contribution >= 4 is 12.0 Å². The first-order valence-electron chi connectivity index (χ1n) is 6.43. The zero-order valence-corrected chi connectivity index (χ0v) is 11.0. The third-order valence-corrected chi connectivity index (χ3v) is 3.15. The Morgan fingerprint density at radius 2 is 2.11 bits per heavy atom. The number of nitrogens with one attached hydrogen (secondary N) is 2. The van der Waals surface area contributed by atoms with Crippen LogP contribution in [0.4, 0.5) is 4.79 Å². The highest BCUT2D eigenvalue weighted by Gasteiger charge is 2.23. The van der Waals surface area contributed by atoms with E-state index in [-0.39, 0.29) is 5.92 Å². The van der Waals surface area contributed by atoms with Gasteiger partial charge in [0.05, 0.1) is 0 Å². The van der Waals surface area contributed by atoms with E-state index in [1.54, 1.807) is 13.8 Å². The van der Waals surface area contributed by atoms with Crippen molar-refractivity contribution in [3.63, 3.8) is 0 Å². The molecule has 0 spiro atoms. The number of carbonyl (C=O) groups is 2. The van der Waals surface area contributed by atoms with Gasteiger partial charge >= 0.3 is 12.0 Å². The summed E-state index contributed by atoms with van der Waals surface area (Å²) in [4.78, 5) is 22.5. The molecule has 2 amide bonds. The van der Waals surface area contributed by atoms with Gasteiger partial charge in [0.1, 0.15) is 6.04 Å². The van der Waals surface area contributed by atoms with E-state index in [2.05, 4.69) is 22.8 Å². The molecule has 0 saturated heterocycles. The van der Waals surface area contributed by atoms with E-state index in [0.717, 1.165) is 19.3 Å². The van der Waals surface area contributed by atoms with E-state index in [1.807, 2.05) is 0 Å². The second-order valence-electron chi connectivity index (χ2n) is 5.06. The molecule has 0 aliphatic heterocycles. The van der Waals surface area contributed by atoms with Crippen LogP contribution in [0.1, 0.15) is 33.1 Å². The minimum Gasteiger partial charge on any atom is -0.480 e. The molecule has 2 atom stereocenters. The van der Waals surface area contributed by atoms with Gasteiger partial charge in [0.15, 0.2) is 0 Å². The van der Waals surface area contributed by atoms with Crippen molar-refractivity contribution in [3.8, 4) is 0 Å². The van der Waals surface area contributed by atoms with Crippen molar-refractivity contribution in [2.75, 3.05) is 6.54 Å². The summed E-state index contributed by atoms with van der Waals surface area (Å²) in [5.41, 5.74) is 0. The summed E-state index contributed by atoms with van der Waals surface area (Å²) in [5, 5.41) is 14.2. The van der Waals surface area contributed by atoms with Gasteiger partial charge in [-0.05, 0) is 31.1 Å².